The van der Waals surface area contributed by atoms with Crippen LogP contribution in [-0.2, 0) is 14.4 Å². The van der Waals surface area contributed by atoms with E-state index in [1.807, 2.05) is 12.2 Å². The van der Waals surface area contributed by atoms with Gasteiger partial charge in [0.1, 0.15) is 0 Å². The molecular formula is C13H21N3O6. The number of carboxylic acid groups (broad SMARTS) is 1. The van der Waals surface area contributed by atoms with Crippen molar-refractivity contribution in [3.05, 3.63) is 0 Å². The summed E-state index contributed by atoms with van der Waals surface area (Å²) < 4.78 is 0. The molecule has 1 heterocycles. The number of carbonyl (C=O) groups excluding carboxylic acids is 3. The molecular weight excluding hydrogens is 294 g/mol. The minimum absolute atomic E-state index is 0.00767. The summed E-state index contributed by atoms with van der Waals surface area (Å²) >= 11 is 0. The number of hydrogen-bond donors (Lipinski definition) is 3. The van der Waals surface area contributed by atoms with Crippen LogP contribution >= 0.6 is 0 Å². The van der Waals surface area contributed by atoms with Gasteiger partial charge in [-0.25, -0.2) is 9.59 Å². The van der Waals surface area contributed by atoms with Crippen molar-refractivity contribution in [3.63, 3.8) is 0 Å². The van der Waals surface area contributed by atoms with Gasteiger partial charge in [-0.3, -0.25) is 14.5 Å². The van der Waals surface area contributed by atoms with Crippen molar-refractivity contribution >= 4 is 23.8 Å². The number of aliphatic hydroxyl groups is 1. The maximum atomic E-state index is 11.9. The molecule has 22 heavy (non-hydrogen) atoms. The van der Waals surface area contributed by atoms with Crippen molar-refractivity contribution in [1.29, 1.82) is 0 Å². The standard InChI is InChI=1S/C13H21N3O6/c1-3-4-5-15-6-7-16(11(19)10(15)18)13(22)14-9(8(2)17)12(20)21/h8-9,17H,3-7H2,1-2H3,(H,14,22)(H,20,21)/t8-,9+/m0/s1. The number of unbranched alkanes of at least 4 members (excludes halogenated alkanes) is 1. The summed E-state index contributed by atoms with van der Waals surface area (Å²) in [6.07, 6.45) is 0.295. The van der Waals surface area contributed by atoms with Gasteiger partial charge in [0.25, 0.3) is 0 Å². The molecule has 1 fully saturated rings. The molecule has 0 aromatic carbocycles. The largest absolute Gasteiger partial charge is 0.480 e. The number of hydrogen-bond acceptors (Lipinski definition) is 5. The molecule has 2 atom stereocenters. The molecule has 3 N–H and O–H groups in total. The van der Waals surface area contributed by atoms with Gasteiger partial charge in [-0.15, -0.1) is 0 Å². The van der Waals surface area contributed by atoms with Gasteiger partial charge in [0, 0.05) is 19.6 Å². The minimum atomic E-state index is -1.55. The number of amides is 4. The van der Waals surface area contributed by atoms with Gasteiger partial charge in [-0.2, -0.15) is 0 Å². The summed E-state index contributed by atoms with van der Waals surface area (Å²) in [6, 6.07) is -2.55. The maximum Gasteiger partial charge on any atom is 0.328 e. The van der Waals surface area contributed by atoms with E-state index in [2.05, 4.69) is 0 Å². The Morgan fingerprint density at radius 1 is 1.27 bits per heavy atom. The number of piperazine rings is 1. The highest BCUT2D eigenvalue weighted by molar-refractivity contribution is 6.38. The van der Waals surface area contributed by atoms with Crippen molar-refractivity contribution in [2.45, 2.75) is 38.8 Å². The summed E-state index contributed by atoms with van der Waals surface area (Å²) in [5, 5.41) is 20.2. The zero-order valence-electron chi connectivity index (χ0n) is 12.6. The lowest BCUT2D eigenvalue weighted by Crippen LogP contribution is -2.61. The Labute approximate surface area is 127 Å². The fourth-order valence-electron chi connectivity index (χ4n) is 2.03. The number of aliphatic hydroxyl groups excluding tert-OH is 1. The highest BCUT2D eigenvalue weighted by atomic mass is 16.4. The van der Waals surface area contributed by atoms with Crippen LogP contribution in [0.1, 0.15) is 26.7 Å². The molecule has 0 saturated carbocycles. The molecule has 0 aliphatic carbocycles. The quantitative estimate of drug-likeness (QED) is 0.540. The number of carbonyl (C=O) groups is 4. The molecule has 0 spiro atoms. The second-order valence-electron chi connectivity index (χ2n) is 5.11. The summed E-state index contributed by atoms with van der Waals surface area (Å²) in [6.45, 7) is 3.81. The van der Waals surface area contributed by atoms with E-state index in [0.29, 0.717) is 11.4 Å². The van der Waals surface area contributed by atoms with E-state index in [1.165, 1.54) is 11.8 Å². The molecule has 1 aliphatic heterocycles. The van der Waals surface area contributed by atoms with Crippen molar-refractivity contribution in [3.8, 4) is 0 Å². The van der Waals surface area contributed by atoms with Gasteiger partial charge in [0.2, 0.25) is 0 Å². The zero-order valence-corrected chi connectivity index (χ0v) is 12.6. The van der Waals surface area contributed by atoms with Crippen LogP contribution in [0.25, 0.3) is 0 Å². The van der Waals surface area contributed by atoms with E-state index in [0.717, 1.165) is 12.8 Å². The second-order valence-corrected chi connectivity index (χ2v) is 5.11. The molecule has 1 saturated heterocycles. The molecule has 9 nitrogen and oxygen atoms in total. The molecule has 0 unspecified atom stereocenters. The third-order valence-electron chi connectivity index (χ3n) is 3.36. The topological polar surface area (TPSA) is 127 Å². The molecule has 9 heteroatoms. The Morgan fingerprint density at radius 3 is 2.41 bits per heavy atom. The fraction of sp³-hybridized carbons (Fsp3) is 0.692. The van der Waals surface area contributed by atoms with Gasteiger partial charge in [0.05, 0.1) is 6.10 Å². The maximum absolute atomic E-state index is 11.9. The van der Waals surface area contributed by atoms with E-state index in [9.17, 15) is 24.3 Å². The average Bonchev–Trinajstić information content (AvgIpc) is 2.45. The molecule has 1 rings (SSSR count). The van der Waals surface area contributed by atoms with Gasteiger partial charge in [0.15, 0.2) is 6.04 Å². The highest BCUT2D eigenvalue weighted by Gasteiger charge is 2.37. The Balaban J connectivity index is 2.70. The van der Waals surface area contributed by atoms with Crippen LogP contribution in [0, 0.1) is 0 Å². The lowest BCUT2D eigenvalue weighted by Gasteiger charge is -2.33. The number of aliphatic carboxylic acids is 1. The van der Waals surface area contributed by atoms with Crippen LogP contribution in [-0.4, -0.2) is 75.6 Å². The van der Waals surface area contributed by atoms with Crippen molar-refractivity contribution in [2.24, 2.45) is 0 Å². The molecule has 1 aliphatic rings. The Morgan fingerprint density at radius 2 is 1.91 bits per heavy atom. The van der Waals surface area contributed by atoms with E-state index < -0.39 is 36.0 Å². The molecule has 0 aromatic rings. The number of nitrogens with zero attached hydrogens (tertiary/aromatic N) is 2. The van der Waals surface area contributed by atoms with Gasteiger partial charge in [-0.1, -0.05) is 13.3 Å². The van der Waals surface area contributed by atoms with Crippen LogP contribution in [0.15, 0.2) is 0 Å². The molecule has 0 bridgehead atoms. The van der Waals surface area contributed by atoms with E-state index in [4.69, 9.17) is 5.11 Å². The SMILES string of the molecule is CCCCN1CCN(C(=O)N[C@@H](C(=O)O)[C@H](C)O)C(=O)C1=O. The summed E-state index contributed by atoms with van der Waals surface area (Å²) in [4.78, 5) is 48.7. The smallest absolute Gasteiger partial charge is 0.328 e. The number of rotatable bonds is 6. The summed E-state index contributed by atoms with van der Waals surface area (Å²) in [5.41, 5.74) is 0. The van der Waals surface area contributed by atoms with E-state index >= 15 is 0 Å². The fourth-order valence-corrected chi connectivity index (χ4v) is 2.03. The van der Waals surface area contributed by atoms with Gasteiger partial charge >= 0.3 is 23.8 Å². The van der Waals surface area contributed by atoms with Crippen LogP contribution in [0.2, 0.25) is 0 Å². The Kier molecular flexibility index (Phi) is 6.29. The van der Waals surface area contributed by atoms with E-state index in [-0.39, 0.29) is 13.1 Å². The number of urea groups is 1. The summed E-state index contributed by atoms with van der Waals surface area (Å²) in [5.74, 6) is -3.20. The van der Waals surface area contributed by atoms with Gasteiger partial charge in [-0.05, 0) is 13.3 Å². The first-order valence-corrected chi connectivity index (χ1v) is 7.11. The Hall–Kier alpha value is -2.16. The third kappa shape index (κ3) is 4.17. The first kappa shape index (κ1) is 17.9. The van der Waals surface area contributed by atoms with Crippen LogP contribution in [0.4, 0.5) is 4.79 Å². The lowest BCUT2D eigenvalue weighted by atomic mass is 10.2. The van der Waals surface area contributed by atoms with Crippen LogP contribution in [0.5, 0.6) is 0 Å². The molecule has 4 amide bonds. The summed E-state index contributed by atoms with van der Waals surface area (Å²) in [7, 11) is 0. The molecule has 0 aromatic heterocycles. The van der Waals surface area contributed by atoms with Crippen LogP contribution in [0.3, 0.4) is 0 Å². The first-order chi connectivity index (χ1) is 10.3. The van der Waals surface area contributed by atoms with Crippen molar-refractivity contribution < 1.29 is 29.4 Å². The normalized spacial score (nSPS) is 18.1. The molecule has 0 radical (unpaired) electrons. The number of nitrogens with one attached hydrogen (secondary N) is 1. The zero-order chi connectivity index (χ0) is 16.9. The number of carboxylic acids is 1. The molecule has 124 valence electrons. The lowest BCUT2D eigenvalue weighted by molar-refractivity contribution is -0.154. The first-order valence-electron chi connectivity index (χ1n) is 7.11. The number of imide groups is 1. The second kappa shape index (κ2) is 7.74. The van der Waals surface area contributed by atoms with E-state index in [1.54, 1.807) is 0 Å². The van der Waals surface area contributed by atoms with Crippen molar-refractivity contribution in [2.75, 3.05) is 19.6 Å². The van der Waals surface area contributed by atoms with Crippen molar-refractivity contribution in [1.82, 2.24) is 15.1 Å². The predicted molar refractivity (Wildman–Crippen MR) is 74.8 cm³/mol. The third-order valence-corrected chi connectivity index (χ3v) is 3.36. The van der Waals surface area contributed by atoms with Crippen LogP contribution < -0.4 is 5.32 Å². The predicted octanol–water partition coefficient (Wildman–Crippen LogP) is -0.999. The monoisotopic (exact) mass is 315 g/mol. The minimum Gasteiger partial charge on any atom is -0.480 e. The highest BCUT2D eigenvalue weighted by Crippen LogP contribution is 2.08. The Bertz CT molecular complexity index is 465. The van der Waals surface area contributed by atoms with Gasteiger partial charge < -0.3 is 20.4 Å². The average molecular weight is 315 g/mol.